The number of hydrogen-bond donors (Lipinski definition) is 2. The quantitative estimate of drug-likeness (QED) is 0.853. The van der Waals surface area contributed by atoms with Gasteiger partial charge in [0.1, 0.15) is 0 Å². The van der Waals surface area contributed by atoms with Crippen LogP contribution < -0.4 is 10.2 Å². The van der Waals surface area contributed by atoms with Crippen LogP contribution in [-0.2, 0) is 16.1 Å². The molecular formula is C21H23N3O3. The number of rotatable bonds is 5. The van der Waals surface area contributed by atoms with E-state index in [9.17, 15) is 14.7 Å². The maximum Gasteiger partial charge on any atom is 0.289 e. The Hall–Kier alpha value is -3.28. The van der Waals surface area contributed by atoms with E-state index in [1.807, 2.05) is 61.5 Å². The fourth-order valence-corrected chi connectivity index (χ4v) is 2.99. The van der Waals surface area contributed by atoms with Crippen LogP contribution in [0.25, 0.3) is 11.1 Å². The number of carbonyl (C=O) groups is 2. The first-order chi connectivity index (χ1) is 12.9. The Bertz CT molecular complexity index is 918. The summed E-state index contributed by atoms with van der Waals surface area (Å²) >= 11 is 0. The highest BCUT2D eigenvalue weighted by Crippen LogP contribution is 2.24. The van der Waals surface area contributed by atoms with E-state index in [0.29, 0.717) is 6.54 Å². The Labute approximate surface area is 158 Å². The first kappa shape index (κ1) is 18.5. The van der Waals surface area contributed by atoms with E-state index in [1.165, 1.54) is 4.90 Å². The highest BCUT2D eigenvalue weighted by Gasteiger charge is 2.31. The van der Waals surface area contributed by atoms with Crippen molar-refractivity contribution in [3.8, 4) is 11.1 Å². The van der Waals surface area contributed by atoms with Crippen molar-refractivity contribution in [1.29, 1.82) is 0 Å². The Balaban J connectivity index is 1.73. The molecule has 0 unspecified atom stereocenters. The number of benzene rings is 2. The number of hydrogen-bond acceptors (Lipinski definition) is 4. The van der Waals surface area contributed by atoms with Crippen molar-refractivity contribution in [2.45, 2.75) is 6.54 Å². The van der Waals surface area contributed by atoms with E-state index in [-0.39, 0.29) is 12.1 Å². The molecular weight excluding hydrogens is 342 g/mol. The fraction of sp³-hybridized carbons (Fsp3) is 0.238. The van der Waals surface area contributed by atoms with E-state index in [4.69, 9.17) is 0 Å². The predicted octanol–water partition coefficient (Wildman–Crippen LogP) is 2.32. The normalized spacial score (nSPS) is 13.9. The van der Waals surface area contributed by atoms with Crippen molar-refractivity contribution in [2.75, 3.05) is 32.6 Å². The molecule has 0 spiro atoms. The molecule has 2 aromatic carbocycles. The van der Waals surface area contributed by atoms with Gasteiger partial charge in [-0.2, -0.15) is 0 Å². The van der Waals surface area contributed by atoms with Crippen LogP contribution in [0.1, 0.15) is 5.56 Å². The van der Waals surface area contributed by atoms with Crippen molar-refractivity contribution in [2.24, 2.45) is 0 Å². The highest BCUT2D eigenvalue weighted by molar-refractivity contribution is 6.06. The third-order valence-corrected chi connectivity index (χ3v) is 4.58. The molecule has 0 aromatic heterocycles. The number of carbonyl (C=O) groups excluding carboxylic acids is 2. The topological polar surface area (TPSA) is 72.9 Å². The lowest BCUT2D eigenvalue weighted by molar-refractivity contribution is -0.126. The first-order valence-electron chi connectivity index (χ1n) is 8.69. The van der Waals surface area contributed by atoms with Crippen LogP contribution in [0.15, 0.2) is 59.9 Å². The Morgan fingerprint density at radius 2 is 1.81 bits per heavy atom. The van der Waals surface area contributed by atoms with E-state index >= 15 is 0 Å². The summed E-state index contributed by atoms with van der Waals surface area (Å²) in [5, 5.41) is 12.6. The summed E-state index contributed by atoms with van der Waals surface area (Å²) in [5.41, 5.74) is 4.32. The lowest BCUT2D eigenvalue weighted by Gasteiger charge is -2.14. The zero-order valence-corrected chi connectivity index (χ0v) is 15.7. The van der Waals surface area contributed by atoms with Gasteiger partial charge in [-0.25, -0.2) is 0 Å². The first-order valence-corrected chi connectivity index (χ1v) is 8.69. The van der Waals surface area contributed by atoms with Gasteiger partial charge in [0, 0.05) is 33.4 Å². The zero-order chi connectivity index (χ0) is 19.6. The molecule has 1 aliphatic rings. The van der Waals surface area contributed by atoms with Crippen LogP contribution in [0.3, 0.4) is 0 Å². The summed E-state index contributed by atoms with van der Waals surface area (Å²) in [4.78, 5) is 27.2. The third kappa shape index (κ3) is 3.95. The van der Waals surface area contributed by atoms with Gasteiger partial charge in [-0.1, -0.05) is 30.3 Å². The molecule has 2 aromatic rings. The van der Waals surface area contributed by atoms with Crippen molar-refractivity contribution in [3.63, 3.8) is 0 Å². The molecule has 1 aliphatic heterocycles. The smallest absolute Gasteiger partial charge is 0.289 e. The fourth-order valence-electron chi connectivity index (χ4n) is 2.99. The molecule has 6 nitrogen and oxygen atoms in total. The third-order valence-electron chi connectivity index (χ3n) is 4.58. The van der Waals surface area contributed by atoms with Gasteiger partial charge in [-0.3, -0.25) is 9.59 Å². The minimum Gasteiger partial charge on any atom is -0.503 e. The Morgan fingerprint density at radius 3 is 2.44 bits per heavy atom. The van der Waals surface area contributed by atoms with Gasteiger partial charge >= 0.3 is 0 Å². The summed E-state index contributed by atoms with van der Waals surface area (Å²) < 4.78 is 0. The Kier molecular flexibility index (Phi) is 5.16. The molecule has 3 rings (SSSR count). The molecule has 2 amide bonds. The molecule has 0 bridgehead atoms. The van der Waals surface area contributed by atoms with E-state index in [0.717, 1.165) is 22.4 Å². The van der Waals surface area contributed by atoms with Gasteiger partial charge in [0.25, 0.3) is 11.8 Å². The molecule has 27 heavy (non-hydrogen) atoms. The minimum absolute atomic E-state index is 0.109. The largest absolute Gasteiger partial charge is 0.503 e. The van der Waals surface area contributed by atoms with Gasteiger partial charge in [0.05, 0.1) is 12.1 Å². The lowest BCUT2D eigenvalue weighted by Crippen LogP contribution is -2.27. The number of amides is 2. The Morgan fingerprint density at radius 1 is 1.15 bits per heavy atom. The van der Waals surface area contributed by atoms with Crippen LogP contribution in [0.2, 0.25) is 0 Å². The molecule has 0 atom stereocenters. The van der Waals surface area contributed by atoms with Gasteiger partial charge < -0.3 is 20.2 Å². The van der Waals surface area contributed by atoms with Crippen LogP contribution >= 0.6 is 0 Å². The van der Waals surface area contributed by atoms with Gasteiger partial charge in [-0.15, -0.1) is 0 Å². The minimum atomic E-state index is -0.525. The van der Waals surface area contributed by atoms with E-state index in [2.05, 4.69) is 11.4 Å². The van der Waals surface area contributed by atoms with E-state index < -0.39 is 17.6 Å². The maximum absolute atomic E-state index is 12.3. The van der Waals surface area contributed by atoms with Crippen molar-refractivity contribution in [3.05, 3.63) is 65.4 Å². The zero-order valence-electron chi connectivity index (χ0n) is 15.7. The van der Waals surface area contributed by atoms with Crippen molar-refractivity contribution >= 4 is 17.5 Å². The molecule has 2 N–H and O–H groups in total. The molecule has 0 aliphatic carbocycles. The molecule has 0 radical (unpaired) electrons. The summed E-state index contributed by atoms with van der Waals surface area (Å²) in [5.74, 6) is -1.42. The molecule has 140 valence electrons. The SMILES string of the molecule is CN1CC(C(=O)NCc2cccc(-c3cccc(N(C)C)c3)c2)=C(O)C1=O. The van der Waals surface area contributed by atoms with Crippen molar-refractivity contribution in [1.82, 2.24) is 10.2 Å². The molecule has 6 heteroatoms. The second kappa shape index (κ2) is 7.53. The summed E-state index contributed by atoms with van der Waals surface area (Å²) in [6.07, 6.45) is 0. The van der Waals surface area contributed by atoms with Crippen LogP contribution in [0.5, 0.6) is 0 Å². The molecule has 1 heterocycles. The summed E-state index contributed by atoms with van der Waals surface area (Å²) in [7, 11) is 5.55. The molecule has 0 saturated heterocycles. The monoisotopic (exact) mass is 365 g/mol. The summed E-state index contributed by atoms with van der Waals surface area (Å²) in [6.45, 7) is 0.433. The number of anilines is 1. The average molecular weight is 365 g/mol. The van der Waals surface area contributed by atoms with E-state index in [1.54, 1.807) is 7.05 Å². The maximum atomic E-state index is 12.3. The number of nitrogens with zero attached hydrogens (tertiary/aromatic N) is 2. The predicted molar refractivity (Wildman–Crippen MR) is 105 cm³/mol. The number of nitrogens with one attached hydrogen (secondary N) is 1. The van der Waals surface area contributed by atoms with Crippen molar-refractivity contribution < 1.29 is 14.7 Å². The molecule has 0 saturated carbocycles. The molecule has 0 fully saturated rings. The lowest BCUT2D eigenvalue weighted by atomic mass is 10.0. The van der Waals surface area contributed by atoms with Crippen LogP contribution in [0.4, 0.5) is 5.69 Å². The van der Waals surface area contributed by atoms with Gasteiger partial charge in [0.2, 0.25) is 0 Å². The summed E-state index contributed by atoms with van der Waals surface area (Å²) in [6, 6.07) is 16.2. The van der Waals surface area contributed by atoms with Gasteiger partial charge in [-0.05, 0) is 34.9 Å². The second-order valence-electron chi connectivity index (χ2n) is 6.82. The van der Waals surface area contributed by atoms with Gasteiger partial charge in [0.15, 0.2) is 5.76 Å². The van der Waals surface area contributed by atoms with Crippen LogP contribution in [0, 0.1) is 0 Å². The standard InChI is InChI=1S/C21H23N3O3/c1-23(2)17-9-5-8-16(11-17)15-7-4-6-14(10-15)12-22-20(26)18-13-24(3)21(27)19(18)25/h4-11,25H,12-13H2,1-3H3,(H,22,26). The van der Waals surface area contributed by atoms with Crippen LogP contribution in [-0.4, -0.2) is 49.5 Å². The number of likely N-dealkylation sites (N-methyl/N-ethyl adjacent to an activating group) is 1. The second-order valence-corrected chi connectivity index (χ2v) is 6.82. The number of aliphatic hydroxyl groups excluding tert-OH is 1. The average Bonchev–Trinajstić information content (AvgIpc) is 2.94. The number of aliphatic hydroxyl groups is 1. The highest BCUT2D eigenvalue weighted by atomic mass is 16.3.